The van der Waals surface area contributed by atoms with E-state index < -0.39 is 6.09 Å². The molecule has 15 heavy (non-hydrogen) atoms. The summed E-state index contributed by atoms with van der Waals surface area (Å²) in [6.45, 7) is 1.71. The van der Waals surface area contributed by atoms with E-state index in [2.05, 4.69) is 5.32 Å². The molecule has 1 aromatic rings. The van der Waals surface area contributed by atoms with Gasteiger partial charge in [-0.25, -0.2) is 4.79 Å². The van der Waals surface area contributed by atoms with Crippen molar-refractivity contribution < 1.29 is 9.53 Å². The molecule has 0 aromatic heterocycles. The summed E-state index contributed by atoms with van der Waals surface area (Å²) >= 11 is 11.2. The van der Waals surface area contributed by atoms with Crippen LogP contribution >= 0.6 is 23.2 Å². The van der Waals surface area contributed by atoms with Gasteiger partial charge in [0.15, 0.2) is 0 Å². The average Bonchev–Trinajstić information content (AvgIpc) is 2.17. The Hall–Kier alpha value is -0.930. The first-order valence-electron chi connectivity index (χ1n) is 4.41. The predicted octanol–water partition coefficient (Wildman–Crippen LogP) is 3.52. The minimum Gasteiger partial charge on any atom is -0.445 e. The number of carbonyl (C=O) groups excluding carboxylic acids is 1. The van der Waals surface area contributed by atoms with Crippen LogP contribution in [0.1, 0.15) is 6.92 Å². The van der Waals surface area contributed by atoms with E-state index in [0.717, 1.165) is 0 Å². The summed E-state index contributed by atoms with van der Waals surface area (Å²) in [7, 11) is 0. The predicted molar refractivity (Wildman–Crippen MR) is 61.7 cm³/mol. The van der Waals surface area contributed by atoms with Crippen molar-refractivity contribution in [1.29, 1.82) is 0 Å². The van der Waals surface area contributed by atoms with Crippen LogP contribution in [0.2, 0.25) is 5.02 Å². The lowest BCUT2D eigenvalue weighted by Gasteiger charge is -2.10. The number of alkyl halides is 1. The lowest BCUT2D eigenvalue weighted by molar-refractivity contribution is 0.131. The van der Waals surface area contributed by atoms with Crippen molar-refractivity contribution in [1.82, 2.24) is 0 Å². The normalized spacial score (nSPS) is 11.9. The van der Waals surface area contributed by atoms with Gasteiger partial charge in [-0.05, 0) is 25.1 Å². The van der Waals surface area contributed by atoms with Crippen molar-refractivity contribution in [2.75, 3.05) is 11.2 Å². The number of ether oxygens (including phenoxy) is 1. The van der Waals surface area contributed by atoms with Crippen molar-refractivity contribution >= 4 is 35.0 Å². The Kier molecular flexibility index (Phi) is 4.72. The van der Waals surface area contributed by atoms with Crippen LogP contribution in [-0.2, 0) is 4.74 Å². The van der Waals surface area contributed by atoms with Crippen molar-refractivity contribution in [3.05, 3.63) is 29.3 Å². The van der Waals surface area contributed by atoms with E-state index in [0.29, 0.717) is 10.7 Å². The number of rotatable bonds is 3. The summed E-state index contributed by atoms with van der Waals surface area (Å²) < 4.78 is 4.92. The van der Waals surface area contributed by atoms with Gasteiger partial charge in [0.2, 0.25) is 0 Å². The fraction of sp³-hybridized carbons (Fsp3) is 0.300. The zero-order chi connectivity index (χ0) is 11.3. The zero-order valence-electron chi connectivity index (χ0n) is 8.17. The zero-order valence-corrected chi connectivity index (χ0v) is 9.68. The van der Waals surface area contributed by atoms with E-state index in [-0.39, 0.29) is 12.0 Å². The third kappa shape index (κ3) is 4.40. The molecule has 0 radical (unpaired) electrons. The third-order valence-corrected chi connectivity index (χ3v) is 2.27. The Bertz CT molecular complexity index is 344. The maximum absolute atomic E-state index is 11.3. The number of amides is 1. The molecule has 0 fully saturated rings. The molecule has 3 nitrogen and oxygen atoms in total. The van der Waals surface area contributed by atoms with Gasteiger partial charge in [-0.3, -0.25) is 5.32 Å². The van der Waals surface area contributed by atoms with Gasteiger partial charge in [0, 0.05) is 10.7 Å². The second kappa shape index (κ2) is 5.83. The number of nitrogens with one attached hydrogen (secondary N) is 1. The molecular formula is C10H11Cl2NO2. The second-order valence-corrected chi connectivity index (χ2v) is 3.75. The largest absolute Gasteiger partial charge is 0.445 e. The van der Waals surface area contributed by atoms with Crippen LogP contribution in [0.5, 0.6) is 0 Å². The number of benzene rings is 1. The molecule has 0 aliphatic carbocycles. The lowest BCUT2D eigenvalue weighted by Crippen LogP contribution is -2.21. The van der Waals surface area contributed by atoms with Crippen molar-refractivity contribution in [3.8, 4) is 0 Å². The van der Waals surface area contributed by atoms with Gasteiger partial charge in [-0.15, -0.1) is 11.6 Å². The number of anilines is 1. The smallest absolute Gasteiger partial charge is 0.411 e. The highest BCUT2D eigenvalue weighted by atomic mass is 35.5. The molecule has 1 amide bonds. The number of halogens is 2. The van der Waals surface area contributed by atoms with Crippen LogP contribution in [0.3, 0.4) is 0 Å². The molecule has 0 unspecified atom stereocenters. The highest BCUT2D eigenvalue weighted by Gasteiger charge is 2.08. The van der Waals surface area contributed by atoms with Crippen LogP contribution in [0.4, 0.5) is 10.5 Å². The highest BCUT2D eigenvalue weighted by molar-refractivity contribution is 6.30. The van der Waals surface area contributed by atoms with Crippen LogP contribution in [0.15, 0.2) is 24.3 Å². The van der Waals surface area contributed by atoms with Gasteiger partial charge in [-0.2, -0.15) is 0 Å². The molecule has 1 N–H and O–H groups in total. The summed E-state index contributed by atoms with van der Waals surface area (Å²) in [4.78, 5) is 11.3. The van der Waals surface area contributed by atoms with Crippen LogP contribution < -0.4 is 5.32 Å². The molecule has 0 aliphatic rings. The fourth-order valence-electron chi connectivity index (χ4n) is 0.928. The van der Waals surface area contributed by atoms with Gasteiger partial charge >= 0.3 is 6.09 Å². The van der Waals surface area contributed by atoms with Crippen LogP contribution in [0, 0.1) is 0 Å². The maximum Gasteiger partial charge on any atom is 0.411 e. The Balaban J connectivity index is 2.51. The molecule has 1 aromatic carbocycles. The summed E-state index contributed by atoms with van der Waals surface area (Å²) in [5.74, 6) is 0.267. The standard InChI is InChI=1S/C10H11Cl2NO2/c1-7(6-11)15-10(14)13-9-4-2-3-8(12)5-9/h2-5,7H,6H2,1H3,(H,13,14)/t7-/m0/s1. The SMILES string of the molecule is C[C@@H](CCl)OC(=O)Nc1cccc(Cl)c1. The van der Waals surface area contributed by atoms with Gasteiger partial charge in [-0.1, -0.05) is 17.7 Å². The van der Waals surface area contributed by atoms with Crippen molar-refractivity contribution in [2.24, 2.45) is 0 Å². The van der Waals surface area contributed by atoms with E-state index in [9.17, 15) is 4.79 Å². The second-order valence-electron chi connectivity index (χ2n) is 3.01. The lowest BCUT2D eigenvalue weighted by atomic mass is 10.3. The summed E-state index contributed by atoms with van der Waals surface area (Å²) in [5.41, 5.74) is 0.592. The highest BCUT2D eigenvalue weighted by Crippen LogP contribution is 2.15. The molecule has 82 valence electrons. The first-order chi connectivity index (χ1) is 7.11. The van der Waals surface area contributed by atoms with E-state index in [1.54, 1.807) is 31.2 Å². The Labute approximate surface area is 98.3 Å². The Morgan fingerprint density at radius 2 is 2.33 bits per heavy atom. The molecule has 0 heterocycles. The number of hydrogen-bond donors (Lipinski definition) is 1. The third-order valence-electron chi connectivity index (χ3n) is 1.60. The molecule has 5 heteroatoms. The quantitative estimate of drug-likeness (QED) is 0.831. The molecule has 0 saturated carbocycles. The average molecular weight is 248 g/mol. The molecule has 1 atom stereocenters. The van der Waals surface area contributed by atoms with Crippen LogP contribution in [0.25, 0.3) is 0 Å². The molecule has 0 bridgehead atoms. The molecule has 0 spiro atoms. The monoisotopic (exact) mass is 247 g/mol. The minimum atomic E-state index is -0.537. The van der Waals surface area contributed by atoms with Gasteiger partial charge in [0.1, 0.15) is 6.10 Å². The maximum atomic E-state index is 11.3. The Morgan fingerprint density at radius 3 is 2.93 bits per heavy atom. The van der Waals surface area contributed by atoms with Gasteiger partial charge in [0.25, 0.3) is 0 Å². The molecule has 1 rings (SSSR count). The summed E-state index contributed by atoms with van der Waals surface area (Å²) in [6, 6.07) is 6.81. The Morgan fingerprint density at radius 1 is 1.60 bits per heavy atom. The van der Waals surface area contributed by atoms with Gasteiger partial charge in [0.05, 0.1) is 5.88 Å². The van der Waals surface area contributed by atoms with E-state index in [1.807, 2.05) is 0 Å². The van der Waals surface area contributed by atoms with E-state index in [4.69, 9.17) is 27.9 Å². The van der Waals surface area contributed by atoms with Gasteiger partial charge < -0.3 is 4.74 Å². The molecule has 0 aliphatic heterocycles. The number of carbonyl (C=O) groups is 1. The summed E-state index contributed by atoms with van der Waals surface area (Å²) in [6.07, 6.45) is -0.851. The first kappa shape index (κ1) is 12.1. The molecular weight excluding hydrogens is 237 g/mol. The summed E-state index contributed by atoms with van der Waals surface area (Å²) in [5, 5.41) is 3.10. The van der Waals surface area contributed by atoms with E-state index in [1.165, 1.54) is 0 Å². The number of hydrogen-bond acceptors (Lipinski definition) is 2. The minimum absolute atomic E-state index is 0.267. The van der Waals surface area contributed by atoms with Crippen molar-refractivity contribution in [2.45, 2.75) is 13.0 Å². The first-order valence-corrected chi connectivity index (χ1v) is 5.32. The van der Waals surface area contributed by atoms with Crippen LogP contribution in [-0.4, -0.2) is 18.1 Å². The van der Waals surface area contributed by atoms with Crippen molar-refractivity contribution in [3.63, 3.8) is 0 Å². The van der Waals surface area contributed by atoms with E-state index >= 15 is 0 Å². The fourth-order valence-corrected chi connectivity index (χ4v) is 1.18. The topological polar surface area (TPSA) is 38.3 Å². The molecule has 0 saturated heterocycles.